The van der Waals surface area contributed by atoms with Crippen molar-refractivity contribution in [2.24, 2.45) is 5.11 Å². The Morgan fingerprint density at radius 3 is 2.64 bits per heavy atom. The number of hydrogen-bond acceptors (Lipinski definition) is 6. The minimum Gasteiger partial charge on any atom is -0.394 e. The third-order valence-corrected chi connectivity index (χ3v) is 3.82. The van der Waals surface area contributed by atoms with Crippen LogP contribution in [0.25, 0.3) is 10.4 Å². The summed E-state index contributed by atoms with van der Waals surface area (Å²) < 4.78 is 10.6. The van der Waals surface area contributed by atoms with Crippen LogP contribution in [0.5, 0.6) is 0 Å². The Morgan fingerprint density at radius 2 is 2.09 bits per heavy atom. The van der Waals surface area contributed by atoms with Crippen LogP contribution in [0.1, 0.15) is 5.56 Å². The van der Waals surface area contributed by atoms with Crippen molar-refractivity contribution in [1.29, 1.82) is 0 Å². The minimum absolute atomic E-state index is 0.0608. The summed E-state index contributed by atoms with van der Waals surface area (Å²) in [5, 5.41) is 34.0. The van der Waals surface area contributed by atoms with Gasteiger partial charge in [-0.05, 0) is 11.1 Å². The van der Waals surface area contributed by atoms with Gasteiger partial charge in [-0.2, -0.15) is 0 Å². The third kappa shape index (κ3) is 3.07. The Balaban J connectivity index is 2.39. The van der Waals surface area contributed by atoms with E-state index >= 15 is 0 Å². The van der Waals surface area contributed by atoms with Crippen molar-refractivity contribution >= 4 is 0 Å². The molecule has 1 fully saturated rings. The smallest absolute Gasteiger partial charge is 0.187 e. The highest BCUT2D eigenvalue weighted by Crippen LogP contribution is 2.35. The first-order chi connectivity index (χ1) is 10.6. The Bertz CT molecular complexity index is 537. The summed E-state index contributed by atoms with van der Waals surface area (Å²) in [6.07, 6.45) is -3.44. The number of aliphatic hydroxyl groups is 3. The van der Waals surface area contributed by atoms with Crippen LogP contribution in [0.4, 0.5) is 0 Å². The summed E-state index contributed by atoms with van der Waals surface area (Å²) in [7, 11) is 1.33. The standard InChI is InChI=1S/C14H19N3O5/c1-21-13-14(20,7-9-5-3-2-4-6-9)12(16-17-15)11(19)10(8-18)22-13/h2-6,10-13,18-20H,7-8H2,1H3/t10-,11-,12-,13+,14-/m1/s1. The molecule has 0 aliphatic carbocycles. The summed E-state index contributed by atoms with van der Waals surface area (Å²) in [5.41, 5.74) is 7.76. The van der Waals surface area contributed by atoms with E-state index < -0.39 is 36.7 Å². The summed E-state index contributed by atoms with van der Waals surface area (Å²) in [6.45, 7) is -0.486. The summed E-state index contributed by atoms with van der Waals surface area (Å²) in [5.74, 6) is 0. The molecular formula is C14H19N3O5. The van der Waals surface area contributed by atoms with Crippen LogP contribution >= 0.6 is 0 Å². The zero-order valence-corrected chi connectivity index (χ0v) is 12.1. The van der Waals surface area contributed by atoms with Crippen molar-refractivity contribution in [1.82, 2.24) is 0 Å². The zero-order chi connectivity index (χ0) is 16.2. The van der Waals surface area contributed by atoms with Gasteiger partial charge in [0.15, 0.2) is 6.29 Å². The van der Waals surface area contributed by atoms with Crippen molar-refractivity contribution in [3.05, 3.63) is 46.3 Å². The van der Waals surface area contributed by atoms with Crippen LogP contribution in [-0.2, 0) is 15.9 Å². The molecule has 0 saturated carbocycles. The Labute approximate surface area is 127 Å². The zero-order valence-electron chi connectivity index (χ0n) is 12.1. The molecule has 1 aliphatic rings. The highest BCUT2D eigenvalue weighted by molar-refractivity contribution is 5.20. The van der Waals surface area contributed by atoms with Crippen LogP contribution in [-0.4, -0.2) is 59.2 Å². The molecule has 1 aliphatic heterocycles. The third-order valence-electron chi connectivity index (χ3n) is 3.82. The van der Waals surface area contributed by atoms with E-state index in [0.29, 0.717) is 0 Å². The fraction of sp³-hybridized carbons (Fsp3) is 0.571. The van der Waals surface area contributed by atoms with Crippen molar-refractivity contribution in [3.8, 4) is 0 Å². The lowest BCUT2D eigenvalue weighted by Crippen LogP contribution is -2.67. The normalized spacial score (nSPS) is 34.9. The van der Waals surface area contributed by atoms with Crippen LogP contribution in [0.2, 0.25) is 0 Å². The van der Waals surface area contributed by atoms with Crippen molar-refractivity contribution in [2.75, 3.05) is 13.7 Å². The highest BCUT2D eigenvalue weighted by Gasteiger charge is 2.55. The van der Waals surface area contributed by atoms with Crippen LogP contribution in [0.3, 0.4) is 0 Å². The summed E-state index contributed by atoms with van der Waals surface area (Å²) in [4.78, 5) is 2.70. The van der Waals surface area contributed by atoms with Gasteiger partial charge in [-0.1, -0.05) is 35.4 Å². The molecule has 0 bridgehead atoms. The van der Waals surface area contributed by atoms with Crippen LogP contribution < -0.4 is 0 Å². The number of rotatable bonds is 5. The molecule has 120 valence electrons. The van der Waals surface area contributed by atoms with E-state index in [1.54, 1.807) is 24.3 Å². The van der Waals surface area contributed by atoms with Gasteiger partial charge in [0.1, 0.15) is 11.7 Å². The maximum absolute atomic E-state index is 11.0. The van der Waals surface area contributed by atoms with Gasteiger partial charge in [0, 0.05) is 18.4 Å². The maximum atomic E-state index is 11.0. The van der Waals surface area contributed by atoms with Crippen molar-refractivity contribution in [2.45, 2.75) is 36.6 Å². The molecule has 8 heteroatoms. The lowest BCUT2D eigenvalue weighted by Gasteiger charge is -2.48. The second kappa shape index (κ2) is 7.06. The fourth-order valence-electron chi connectivity index (χ4n) is 2.74. The van der Waals surface area contributed by atoms with E-state index in [9.17, 15) is 15.3 Å². The van der Waals surface area contributed by atoms with E-state index in [-0.39, 0.29) is 6.42 Å². The Morgan fingerprint density at radius 1 is 1.41 bits per heavy atom. The largest absolute Gasteiger partial charge is 0.394 e. The lowest BCUT2D eigenvalue weighted by molar-refractivity contribution is -0.307. The van der Waals surface area contributed by atoms with E-state index in [1.165, 1.54) is 7.11 Å². The van der Waals surface area contributed by atoms with Gasteiger partial charge in [-0.15, -0.1) is 0 Å². The Hall–Kier alpha value is -1.67. The van der Waals surface area contributed by atoms with Gasteiger partial charge < -0.3 is 24.8 Å². The number of nitrogens with zero attached hydrogens (tertiary/aromatic N) is 3. The lowest BCUT2D eigenvalue weighted by atomic mass is 9.80. The molecule has 1 heterocycles. The molecule has 0 radical (unpaired) electrons. The van der Waals surface area contributed by atoms with Crippen LogP contribution in [0, 0.1) is 0 Å². The molecule has 1 aromatic rings. The topological polar surface area (TPSA) is 128 Å². The predicted octanol–water partition coefficient (Wildman–Crippen LogP) is 0.364. The second-order valence-corrected chi connectivity index (χ2v) is 5.22. The van der Waals surface area contributed by atoms with Gasteiger partial charge in [-0.25, -0.2) is 0 Å². The van der Waals surface area contributed by atoms with E-state index in [1.807, 2.05) is 6.07 Å². The molecular weight excluding hydrogens is 290 g/mol. The molecule has 5 atom stereocenters. The Kier molecular flexibility index (Phi) is 5.36. The average Bonchev–Trinajstić information content (AvgIpc) is 2.53. The molecule has 0 unspecified atom stereocenters. The monoisotopic (exact) mass is 309 g/mol. The van der Waals surface area contributed by atoms with Gasteiger partial charge >= 0.3 is 0 Å². The quantitative estimate of drug-likeness (QED) is 0.411. The van der Waals surface area contributed by atoms with Crippen molar-refractivity contribution in [3.63, 3.8) is 0 Å². The van der Waals surface area contributed by atoms with Gasteiger partial charge in [0.05, 0.1) is 18.8 Å². The van der Waals surface area contributed by atoms with Crippen molar-refractivity contribution < 1.29 is 24.8 Å². The van der Waals surface area contributed by atoms with E-state index in [4.69, 9.17) is 15.0 Å². The first-order valence-corrected chi connectivity index (χ1v) is 6.84. The van der Waals surface area contributed by atoms with E-state index in [2.05, 4.69) is 10.0 Å². The molecule has 0 spiro atoms. The minimum atomic E-state index is -1.76. The fourth-order valence-corrected chi connectivity index (χ4v) is 2.74. The molecule has 22 heavy (non-hydrogen) atoms. The molecule has 2 rings (SSSR count). The first-order valence-electron chi connectivity index (χ1n) is 6.84. The maximum Gasteiger partial charge on any atom is 0.187 e. The number of azide groups is 1. The SMILES string of the molecule is CO[C@H]1O[C@H](CO)[C@@H](O)[C@@H](N=[N+]=[N-])[C@]1(O)Cc1ccccc1. The van der Waals surface area contributed by atoms with Gasteiger partial charge in [0.25, 0.3) is 0 Å². The van der Waals surface area contributed by atoms with Crippen LogP contribution in [0.15, 0.2) is 35.4 Å². The van der Waals surface area contributed by atoms with Gasteiger partial charge in [0.2, 0.25) is 0 Å². The molecule has 1 aromatic carbocycles. The molecule has 0 amide bonds. The molecule has 3 N–H and O–H groups in total. The predicted molar refractivity (Wildman–Crippen MR) is 76.8 cm³/mol. The number of hydrogen-bond donors (Lipinski definition) is 3. The molecule has 0 aromatic heterocycles. The van der Waals surface area contributed by atoms with Gasteiger partial charge in [-0.3, -0.25) is 0 Å². The summed E-state index contributed by atoms with van der Waals surface area (Å²) in [6, 6.07) is 7.82. The van der Waals surface area contributed by atoms with E-state index in [0.717, 1.165) is 5.56 Å². The number of aliphatic hydroxyl groups excluding tert-OH is 2. The number of ether oxygens (including phenoxy) is 2. The first kappa shape index (κ1) is 16.7. The number of benzene rings is 1. The number of methoxy groups -OCH3 is 1. The summed E-state index contributed by atoms with van der Waals surface area (Å²) >= 11 is 0. The second-order valence-electron chi connectivity index (χ2n) is 5.22. The molecule has 1 saturated heterocycles. The average molecular weight is 309 g/mol. The highest BCUT2D eigenvalue weighted by atomic mass is 16.7. The molecule has 8 nitrogen and oxygen atoms in total.